The van der Waals surface area contributed by atoms with Gasteiger partial charge >= 0.3 is 0 Å². The number of non-ortho nitro benzene ring substituents is 1. The van der Waals surface area contributed by atoms with E-state index >= 15 is 0 Å². The molecule has 0 saturated heterocycles. The monoisotopic (exact) mass is 257 g/mol. The van der Waals surface area contributed by atoms with Crippen molar-refractivity contribution in [2.45, 2.75) is 6.04 Å². The molecule has 8 nitrogen and oxygen atoms in total. The van der Waals surface area contributed by atoms with Crippen LogP contribution in [0.5, 0.6) is 5.75 Å². The smallest absolute Gasteiger partial charge is 0.269 e. The Balaban J connectivity index is 1.80. The first-order chi connectivity index (χ1) is 9.24. The van der Waals surface area contributed by atoms with Gasteiger partial charge in [-0.25, -0.2) is 15.0 Å². The van der Waals surface area contributed by atoms with Gasteiger partial charge in [0.25, 0.3) is 5.69 Å². The topological polar surface area (TPSA) is 102 Å². The molecule has 0 N–H and O–H groups in total. The second-order valence-electron chi connectivity index (χ2n) is 3.72. The Hall–Kier alpha value is -2.90. The van der Waals surface area contributed by atoms with Gasteiger partial charge in [0.2, 0.25) is 5.90 Å². The van der Waals surface area contributed by atoms with Crippen LogP contribution in [0.4, 0.5) is 5.69 Å². The highest BCUT2D eigenvalue weighted by molar-refractivity contribution is 6.18. The van der Waals surface area contributed by atoms with Crippen molar-refractivity contribution in [1.82, 2.24) is 0 Å². The molecule has 0 spiro atoms. The van der Waals surface area contributed by atoms with Crippen molar-refractivity contribution in [2.24, 2.45) is 20.0 Å². The Bertz CT molecular complexity index is 645. The van der Waals surface area contributed by atoms with Crippen LogP contribution in [0, 0.1) is 10.1 Å². The maximum atomic E-state index is 10.5. The number of nitrogens with zero attached hydrogens (tertiary/aromatic N) is 5. The lowest BCUT2D eigenvalue weighted by Gasteiger charge is -2.14. The molecule has 1 aromatic carbocycles. The quantitative estimate of drug-likeness (QED) is 0.587. The van der Waals surface area contributed by atoms with Gasteiger partial charge in [-0.1, -0.05) is 0 Å². The van der Waals surface area contributed by atoms with Gasteiger partial charge in [-0.2, -0.15) is 0 Å². The van der Waals surface area contributed by atoms with Crippen LogP contribution >= 0.6 is 0 Å². The Labute approximate surface area is 107 Å². The van der Waals surface area contributed by atoms with Gasteiger partial charge in [-0.15, -0.1) is 0 Å². The van der Waals surface area contributed by atoms with Crippen molar-refractivity contribution in [1.29, 1.82) is 0 Å². The second kappa shape index (κ2) is 4.41. The largest absolute Gasteiger partial charge is 0.440 e. The van der Waals surface area contributed by atoms with Crippen molar-refractivity contribution < 1.29 is 9.66 Å². The molecule has 0 radical (unpaired) electrons. The molecule has 0 amide bonds. The molecule has 2 aliphatic heterocycles. The van der Waals surface area contributed by atoms with E-state index in [1.807, 2.05) is 0 Å². The number of hydrogen-bond acceptors (Lipinski definition) is 7. The number of benzene rings is 1. The van der Waals surface area contributed by atoms with E-state index in [4.69, 9.17) is 4.74 Å². The summed E-state index contributed by atoms with van der Waals surface area (Å²) in [5.74, 6) is 1.31. The molecule has 0 aromatic heterocycles. The van der Waals surface area contributed by atoms with Crippen molar-refractivity contribution >= 4 is 30.1 Å². The van der Waals surface area contributed by atoms with E-state index in [1.54, 1.807) is 0 Å². The Morgan fingerprint density at radius 1 is 1.16 bits per heavy atom. The van der Waals surface area contributed by atoms with Crippen molar-refractivity contribution in [2.75, 3.05) is 0 Å². The van der Waals surface area contributed by atoms with Gasteiger partial charge in [-0.3, -0.25) is 15.1 Å². The van der Waals surface area contributed by atoms with Gasteiger partial charge in [0.1, 0.15) is 18.4 Å². The number of ether oxygens (including phenoxy) is 1. The number of nitro groups is 1. The zero-order valence-corrected chi connectivity index (χ0v) is 9.50. The fraction of sp³-hybridized carbons (Fsp3) is 0.0909. The summed E-state index contributed by atoms with van der Waals surface area (Å²) < 4.78 is 5.55. The molecule has 19 heavy (non-hydrogen) atoms. The molecular formula is C11H7N5O3. The van der Waals surface area contributed by atoms with Crippen LogP contribution in [-0.4, -0.2) is 35.4 Å². The lowest BCUT2D eigenvalue weighted by molar-refractivity contribution is -0.384. The summed E-state index contributed by atoms with van der Waals surface area (Å²) in [5, 5.41) is 10.5. The number of nitro benzene ring substituents is 1. The summed E-state index contributed by atoms with van der Waals surface area (Å²) in [5.41, 5.74) is 0.000587. The fourth-order valence-corrected chi connectivity index (χ4v) is 1.63. The summed E-state index contributed by atoms with van der Waals surface area (Å²) >= 11 is 0. The molecule has 1 aromatic rings. The third-order valence-electron chi connectivity index (χ3n) is 2.53. The summed E-state index contributed by atoms with van der Waals surface area (Å²) in [4.78, 5) is 26.1. The van der Waals surface area contributed by atoms with Crippen LogP contribution in [0.25, 0.3) is 0 Å². The summed E-state index contributed by atoms with van der Waals surface area (Å²) in [6, 6.07) is 5.30. The Kier molecular flexibility index (Phi) is 2.60. The van der Waals surface area contributed by atoms with E-state index < -0.39 is 11.0 Å². The molecule has 94 valence electrons. The molecule has 0 bridgehead atoms. The SMILES string of the molecule is O=[N+]([O-])c1ccc(OC2=NC=NC3=NC=NC32)cc1. The number of hydrogen-bond donors (Lipinski definition) is 0. The molecule has 1 unspecified atom stereocenters. The molecular weight excluding hydrogens is 250 g/mol. The van der Waals surface area contributed by atoms with E-state index in [9.17, 15) is 10.1 Å². The maximum Gasteiger partial charge on any atom is 0.269 e. The average molecular weight is 257 g/mol. The molecule has 3 rings (SSSR count). The predicted octanol–water partition coefficient (Wildman–Crippen LogP) is 1.22. The zero-order chi connectivity index (χ0) is 13.2. The number of amidine groups is 1. The van der Waals surface area contributed by atoms with Crippen LogP contribution < -0.4 is 4.74 Å². The fourth-order valence-electron chi connectivity index (χ4n) is 1.63. The molecule has 2 aliphatic rings. The molecule has 0 fully saturated rings. The van der Waals surface area contributed by atoms with E-state index in [0.29, 0.717) is 17.5 Å². The van der Waals surface area contributed by atoms with Crippen LogP contribution in [0.2, 0.25) is 0 Å². The summed E-state index contributed by atoms with van der Waals surface area (Å²) in [7, 11) is 0. The standard InChI is InChI=1S/C11H7N5O3/c17-16(18)7-1-3-8(4-2-7)19-11-9-10(13-5-12-9)14-6-15-11/h1-6,9H. The minimum absolute atomic E-state index is 0.000587. The summed E-state index contributed by atoms with van der Waals surface area (Å²) in [6.45, 7) is 0. The van der Waals surface area contributed by atoms with Crippen molar-refractivity contribution in [3.8, 4) is 5.75 Å². The highest BCUT2D eigenvalue weighted by Crippen LogP contribution is 2.19. The molecule has 2 heterocycles. The van der Waals surface area contributed by atoms with Gasteiger partial charge in [-0.05, 0) is 12.1 Å². The Morgan fingerprint density at radius 2 is 1.95 bits per heavy atom. The molecule has 1 atom stereocenters. The van der Waals surface area contributed by atoms with E-state index in [-0.39, 0.29) is 5.69 Å². The average Bonchev–Trinajstić information content (AvgIpc) is 2.89. The first-order valence-corrected chi connectivity index (χ1v) is 5.36. The third-order valence-corrected chi connectivity index (χ3v) is 2.53. The van der Waals surface area contributed by atoms with Gasteiger partial charge < -0.3 is 4.74 Å². The zero-order valence-electron chi connectivity index (χ0n) is 9.50. The summed E-state index contributed by atoms with van der Waals surface area (Å²) in [6.07, 6.45) is 2.74. The molecule has 8 heteroatoms. The highest BCUT2D eigenvalue weighted by atomic mass is 16.6. The first-order valence-electron chi connectivity index (χ1n) is 5.36. The van der Waals surface area contributed by atoms with Crippen LogP contribution in [0.3, 0.4) is 0 Å². The predicted molar refractivity (Wildman–Crippen MR) is 69.4 cm³/mol. The second-order valence-corrected chi connectivity index (χ2v) is 3.72. The lowest BCUT2D eigenvalue weighted by atomic mass is 10.2. The van der Waals surface area contributed by atoms with Crippen LogP contribution in [0.1, 0.15) is 0 Å². The first kappa shape index (κ1) is 11.2. The minimum atomic E-state index is -0.472. The minimum Gasteiger partial charge on any atom is -0.440 e. The normalized spacial score (nSPS) is 19.7. The van der Waals surface area contributed by atoms with E-state index in [0.717, 1.165) is 0 Å². The highest BCUT2D eigenvalue weighted by Gasteiger charge is 2.28. The van der Waals surface area contributed by atoms with E-state index in [2.05, 4.69) is 20.0 Å². The molecule has 0 aliphatic carbocycles. The van der Waals surface area contributed by atoms with Gasteiger partial charge in [0, 0.05) is 12.1 Å². The van der Waals surface area contributed by atoms with Crippen molar-refractivity contribution in [3.05, 3.63) is 34.4 Å². The molecule has 0 saturated carbocycles. The number of fused-ring (bicyclic) bond motifs is 1. The van der Waals surface area contributed by atoms with E-state index in [1.165, 1.54) is 36.9 Å². The van der Waals surface area contributed by atoms with Crippen molar-refractivity contribution in [3.63, 3.8) is 0 Å². The maximum absolute atomic E-state index is 10.5. The van der Waals surface area contributed by atoms with Gasteiger partial charge in [0.05, 0.1) is 4.92 Å². The lowest BCUT2D eigenvalue weighted by Crippen LogP contribution is -2.32. The number of aliphatic imine (C=N–C) groups is 4. The number of rotatable bonds is 2. The van der Waals surface area contributed by atoms with Crippen LogP contribution in [-0.2, 0) is 0 Å². The van der Waals surface area contributed by atoms with Crippen LogP contribution in [0.15, 0.2) is 44.2 Å². The third kappa shape index (κ3) is 2.10. The van der Waals surface area contributed by atoms with Gasteiger partial charge in [0.15, 0.2) is 11.9 Å². The Morgan fingerprint density at radius 3 is 2.68 bits per heavy atom.